The van der Waals surface area contributed by atoms with Crippen LogP contribution < -0.4 is 10.1 Å². The molecule has 5 nitrogen and oxygen atoms in total. The lowest BCUT2D eigenvalue weighted by Gasteiger charge is -2.27. The molecule has 2 atom stereocenters. The third-order valence-corrected chi connectivity index (χ3v) is 4.41. The number of carbonyl (C=O) groups is 1. The lowest BCUT2D eigenvalue weighted by molar-refractivity contribution is 0.0414. The van der Waals surface area contributed by atoms with Gasteiger partial charge in [0, 0.05) is 6.07 Å². The predicted octanol–water partition coefficient (Wildman–Crippen LogP) is 4.40. The Bertz CT molecular complexity index is 831. The van der Waals surface area contributed by atoms with Crippen LogP contribution in [0.4, 0.5) is 13.6 Å². The number of nitrogens with one attached hydrogen (secondary N) is 1. The first-order valence-electron chi connectivity index (χ1n) is 9.81. The van der Waals surface area contributed by atoms with Crippen molar-refractivity contribution in [1.82, 2.24) is 5.32 Å². The Morgan fingerprint density at radius 3 is 2.37 bits per heavy atom. The van der Waals surface area contributed by atoms with Crippen LogP contribution in [0.2, 0.25) is 0 Å². The van der Waals surface area contributed by atoms with Gasteiger partial charge in [-0.1, -0.05) is 12.1 Å². The maximum Gasteiger partial charge on any atom is 0.407 e. The molecule has 0 bridgehead atoms. The third kappa shape index (κ3) is 7.99. The summed E-state index contributed by atoms with van der Waals surface area (Å²) in [6.07, 6.45) is -0.763. The van der Waals surface area contributed by atoms with E-state index in [0.29, 0.717) is 24.2 Å². The standard InChI is InChI=1S/C23H29F2NO4/c1-23(2,3)30-22(28)26-20(13-16-10-17(24)14-18(25)11-16)21(27)9-8-15-6-5-7-19(12-15)29-4/h5-7,10-12,14,20-21,27H,8-9,13H2,1-4H3,(H,26,28). The van der Waals surface area contributed by atoms with Crippen LogP contribution in [0.15, 0.2) is 42.5 Å². The zero-order valence-electron chi connectivity index (χ0n) is 17.7. The Labute approximate surface area is 176 Å². The molecule has 0 radical (unpaired) electrons. The summed E-state index contributed by atoms with van der Waals surface area (Å²) in [4.78, 5) is 12.2. The maximum absolute atomic E-state index is 13.6. The van der Waals surface area contributed by atoms with Gasteiger partial charge in [-0.15, -0.1) is 0 Å². The molecule has 0 fully saturated rings. The van der Waals surface area contributed by atoms with Crippen LogP contribution in [0, 0.1) is 11.6 Å². The summed E-state index contributed by atoms with van der Waals surface area (Å²) < 4.78 is 37.6. The average molecular weight is 421 g/mol. The van der Waals surface area contributed by atoms with Crippen LogP contribution in [0.3, 0.4) is 0 Å². The predicted molar refractivity (Wildman–Crippen MR) is 111 cm³/mol. The summed E-state index contributed by atoms with van der Waals surface area (Å²) in [7, 11) is 1.58. The molecule has 2 aromatic carbocycles. The first-order chi connectivity index (χ1) is 14.1. The quantitative estimate of drug-likeness (QED) is 0.663. The highest BCUT2D eigenvalue weighted by atomic mass is 19.1. The van der Waals surface area contributed by atoms with Gasteiger partial charge in [-0.2, -0.15) is 0 Å². The number of ether oxygens (including phenoxy) is 2. The van der Waals surface area contributed by atoms with Crippen molar-refractivity contribution >= 4 is 6.09 Å². The van der Waals surface area contributed by atoms with Gasteiger partial charge < -0.3 is 19.9 Å². The van der Waals surface area contributed by atoms with Crippen LogP contribution in [-0.2, 0) is 17.6 Å². The van der Waals surface area contributed by atoms with E-state index in [1.165, 1.54) is 12.1 Å². The largest absolute Gasteiger partial charge is 0.497 e. The molecule has 2 rings (SSSR count). The molecule has 30 heavy (non-hydrogen) atoms. The normalized spacial score (nSPS) is 13.4. The summed E-state index contributed by atoms with van der Waals surface area (Å²) in [5, 5.41) is 13.4. The summed E-state index contributed by atoms with van der Waals surface area (Å²) in [6.45, 7) is 5.17. The Morgan fingerprint density at radius 2 is 1.77 bits per heavy atom. The Kier molecular flexibility index (Phi) is 8.17. The van der Waals surface area contributed by atoms with Crippen molar-refractivity contribution in [3.63, 3.8) is 0 Å². The highest BCUT2D eigenvalue weighted by Gasteiger charge is 2.25. The van der Waals surface area contributed by atoms with Crippen molar-refractivity contribution in [3.05, 3.63) is 65.2 Å². The molecule has 164 valence electrons. The van der Waals surface area contributed by atoms with Gasteiger partial charge in [-0.3, -0.25) is 0 Å². The molecular weight excluding hydrogens is 392 g/mol. The monoisotopic (exact) mass is 421 g/mol. The van der Waals surface area contributed by atoms with Crippen molar-refractivity contribution in [2.45, 2.75) is 57.8 Å². The number of rotatable bonds is 8. The topological polar surface area (TPSA) is 67.8 Å². The molecule has 0 saturated heterocycles. The number of aliphatic hydroxyl groups excluding tert-OH is 1. The second-order valence-electron chi connectivity index (χ2n) is 8.19. The third-order valence-electron chi connectivity index (χ3n) is 4.41. The summed E-state index contributed by atoms with van der Waals surface area (Å²) in [5.74, 6) is -0.723. The van der Waals surface area contributed by atoms with Crippen molar-refractivity contribution in [2.75, 3.05) is 7.11 Å². The number of aryl methyl sites for hydroxylation is 1. The minimum Gasteiger partial charge on any atom is -0.497 e. The molecule has 2 aromatic rings. The fraction of sp³-hybridized carbons (Fsp3) is 0.435. The minimum atomic E-state index is -0.963. The molecule has 0 aliphatic carbocycles. The van der Waals surface area contributed by atoms with Gasteiger partial charge in [0.05, 0.1) is 19.3 Å². The molecule has 2 unspecified atom stereocenters. The molecular formula is C23H29F2NO4. The first kappa shape index (κ1) is 23.6. The van der Waals surface area contributed by atoms with Crippen molar-refractivity contribution in [2.24, 2.45) is 0 Å². The molecule has 0 saturated carbocycles. The highest BCUT2D eigenvalue weighted by Crippen LogP contribution is 2.18. The van der Waals surface area contributed by atoms with E-state index < -0.39 is 35.5 Å². The average Bonchev–Trinajstić information content (AvgIpc) is 2.63. The van der Waals surface area contributed by atoms with Gasteiger partial charge in [0.25, 0.3) is 0 Å². The number of benzene rings is 2. The zero-order valence-corrected chi connectivity index (χ0v) is 17.7. The Hall–Kier alpha value is -2.67. The van der Waals surface area contributed by atoms with E-state index in [1.54, 1.807) is 27.9 Å². The molecule has 0 aromatic heterocycles. The lowest BCUT2D eigenvalue weighted by atomic mass is 9.96. The summed E-state index contributed by atoms with van der Waals surface area (Å²) in [6, 6.07) is 9.81. The van der Waals surface area contributed by atoms with Gasteiger partial charge in [0.1, 0.15) is 23.0 Å². The van der Waals surface area contributed by atoms with Crippen LogP contribution in [0.25, 0.3) is 0 Å². The van der Waals surface area contributed by atoms with Gasteiger partial charge >= 0.3 is 6.09 Å². The molecule has 2 N–H and O–H groups in total. The molecule has 0 spiro atoms. The Balaban J connectivity index is 2.12. The fourth-order valence-electron chi connectivity index (χ4n) is 3.07. The second-order valence-corrected chi connectivity index (χ2v) is 8.19. The minimum absolute atomic E-state index is 0.0488. The molecule has 7 heteroatoms. The summed E-state index contributed by atoms with van der Waals surface area (Å²) in [5.41, 5.74) is 0.570. The number of alkyl carbamates (subject to hydrolysis) is 1. The van der Waals surface area contributed by atoms with Crippen LogP contribution >= 0.6 is 0 Å². The number of halogens is 2. The lowest BCUT2D eigenvalue weighted by Crippen LogP contribution is -2.47. The second kappa shape index (κ2) is 10.4. The van der Waals surface area contributed by atoms with Crippen molar-refractivity contribution in [3.8, 4) is 5.75 Å². The number of carbonyl (C=O) groups excluding carboxylic acids is 1. The van der Waals surface area contributed by atoms with Gasteiger partial charge in [0.2, 0.25) is 0 Å². The van der Waals surface area contributed by atoms with Gasteiger partial charge in [-0.25, -0.2) is 13.6 Å². The van der Waals surface area contributed by atoms with Crippen molar-refractivity contribution in [1.29, 1.82) is 0 Å². The number of amides is 1. The smallest absolute Gasteiger partial charge is 0.407 e. The van der Waals surface area contributed by atoms with E-state index in [9.17, 15) is 18.7 Å². The molecule has 0 aliphatic rings. The zero-order chi connectivity index (χ0) is 22.3. The highest BCUT2D eigenvalue weighted by molar-refractivity contribution is 5.68. The maximum atomic E-state index is 13.6. The SMILES string of the molecule is COc1cccc(CCC(O)C(Cc2cc(F)cc(F)c2)NC(=O)OC(C)(C)C)c1. The molecule has 1 amide bonds. The van der Waals surface area contributed by atoms with E-state index in [1.807, 2.05) is 24.3 Å². The number of hydrogen-bond donors (Lipinski definition) is 2. The van der Waals surface area contributed by atoms with Crippen LogP contribution in [0.1, 0.15) is 38.3 Å². The van der Waals surface area contributed by atoms with E-state index in [2.05, 4.69) is 5.32 Å². The van der Waals surface area contributed by atoms with Crippen LogP contribution in [-0.4, -0.2) is 36.1 Å². The van der Waals surface area contributed by atoms with E-state index in [4.69, 9.17) is 9.47 Å². The van der Waals surface area contributed by atoms with E-state index >= 15 is 0 Å². The Morgan fingerprint density at radius 1 is 1.10 bits per heavy atom. The van der Waals surface area contributed by atoms with Crippen molar-refractivity contribution < 1.29 is 28.2 Å². The van der Waals surface area contributed by atoms with E-state index in [0.717, 1.165) is 11.6 Å². The van der Waals surface area contributed by atoms with Gasteiger partial charge in [0.15, 0.2) is 0 Å². The molecule has 0 aliphatic heterocycles. The van der Waals surface area contributed by atoms with Crippen LogP contribution in [0.5, 0.6) is 5.75 Å². The number of aliphatic hydroxyl groups is 1. The molecule has 0 heterocycles. The van der Waals surface area contributed by atoms with Gasteiger partial charge in [-0.05, 0) is 75.4 Å². The van der Waals surface area contributed by atoms with E-state index in [-0.39, 0.29) is 6.42 Å². The number of methoxy groups -OCH3 is 1. The number of hydrogen-bond acceptors (Lipinski definition) is 4. The fourth-order valence-corrected chi connectivity index (χ4v) is 3.07. The first-order valence-corrected chi connectivity index (χ1v) is 9.81. The summed E-state index contributed by atoms with van der Waals surface area (Å²) >= 11 is 0.